The lowest BCUT2D eigenvalue weighted by molar-refractivity contribution is -0.128. The van der Waals surface area contributed by atoms with Crippen LogP contribution in [0.15, 0.2) is 42.7 Å². The number of aromatic nitrogens is 2. The quantitative estimate of drug-likeness (QED) is 0.319. The fourth-order valence-corrected chi connectivity index (χ4v) is 7.21. The van der Waals surface area contributed by atoms with Crippen LogP contribution in [0.3, 0.4) is 0 Å². The summed E-state index contributed by atoms with van der Waals surface area (Å²) < 4.78 is 34.4. The Morgan fingerprint density at radius 1 is 1.09 bits per heavy atom. The van der Waals surface area contributed by atoms with Gasteiger partial charge in [-0.1, -0.05) is 43.3 Å². The molecule has 1 aromatic heterocycles. The van der Waals surface area contributed by atoms with E-state index in [1.807, 2.05) is 18.2 Å². The van der Waals surface area contributed by atoms with Crippen LogP contribution in [-0.4, -0.2) is 84.6 Å². The second-order valence-corrected chi connectivity index (χ2v) is 13.3. The molecule has 1 amide bonds. The van der Waals surface area contributed by atoms with Crippen molar-refractivity contribution in [1.29, 1.82) is 0 Å². The Balaban J connectivity index is 1.17. The van der Waals surface area contributed by atoms with Crippen LogP contribution in [-0.2, 0) is 17.8 Å². The summed E-state index contributed by atoms with van der Waals surface area (Å²) in [6, 6.07) is 9.37. The molecule has 0 N–H and O–H groups in total. The molecule has 44 heavy (non-hydrogen) atoms. The number of amides is 1. The van der Waals surface area contributed by atoms with E-state index in [9.17, 15) is 13.6 Å². The van der Waals surface area contributed by atoms with E-state index in [4.69, 9.17) is 26.3 Å². The molecule has 3 aromatic rings. The molecule has 0 spiro atoms. The maximum atomic E-state index is 14.5. The number of likely N-dealkylation sites (tertiary alicyclic amines) is 1. The summed E-state index contributed by atoms with van der Waals surface area (Å²) >= 11 is 6.49. The summed E-state index contributed by atoms with van der Waals surface area (Å²) in [7, 11) is 0. The number of fused-ring (bicyclic) bond motifs is 2. The number of carbonyl (C=O) groups is 1. The zero-order chi connectivity index (χ0) is 30.6. The Morgan fingerprint density at radius 2 is 1.86 bits per heavy atom. The third-order valence-electron chi connectivity index (χ3n) is 9.54. The molecule has 232 valence electrons. The molecule has 7 rings (SSSR count). The van der Waals surface area contributed by atoms with Gasteiger partial charge in [0.25, 0.3) is 5.91 Å². The van der Waals surface area contributed by atoms with Crippen molar-refractivity contribution in [1.82, 2.24) is 19.8 Å². The molecule has 1 aliphatic carbocycles. The van der Waals surface area contributed by atoms with Crippen molar-refractivity contribution in [3.8, 4) is 6.01 Å². The highest BCUT2D eigenvalue weighted by atomic mass is 35.5. The predicted molar refractivity (Wildman–Crippen MR) is 168 cm³/mol. The van der Waals surface area contributed by atoms with Crippen LogP contribution in [0.1, 0.15) is 31.0 Å². The molecule has 2 saturated heterocycles. The Morgan fingerprint density at radius 3 is 2.57 bits per heavy atom. The van der Waals surface area contributed by atoms with Gasteiger partial charge in [-0.3, -0.25) is 4.79 Å². The van der Waals surface area contributed by atoms with Crippen LogP contribution in [0, 0.1) is 17.2 Å². The number of hydrogen-bond donors (Lipinski definition) is 0. The smallest absolute Gasteiger partial charge is 0.318 e. The molecule has 0 radical (unpaired) electrons. The van der Waals surface area contributed by atoms with Crippen LogP contribution >= 0.6 is 11.6 Å². The Kier molecular flexibility index (Phi) is 7.61. The first kappa shape index (κ1) is 29.2. The molecule has 4 heterocycles. The van der Waals surface area contributed by atoms with E-state index in [2.05, 4.69) is 28.2 Å². The van der Waals surface area contributed by atoms with E-state index in [1.165, 1.54) is 11.0 Å². The topological polar surface area (TPSA) is 65.0 Å². The maximum absolute atomic E-state index is 14.5. The van der Waals surface area contributed by atoms with Crippen LogP contribution in [0.25, 0.3) is 10.8 Å². The number of anilines is 2. The van der Waals surface area contributed by atoms with Gasteiger partial charge in [0, 0.05) is 74.4 Å². The molecule has 3 aliphatic heterocycles. The van der Waals surface area contributed by atoms with Crippen molar-refractivity contribution < 1.29 is 18.3 Å². The third kappa shape index (κ3) is 5.58. The Bertz CT molecular complexity index is 1620. The second-order valence-electron chi connectivity index (χ2n) is 12.9. The molecule has 4 aliphatic rings. The number of benzene rings is 2. The predicted octanol–water partition coefficient (Wildman–Crippen LogP) is 5.23. The minimum atomic E-state index is -0.941. The molecule has 3 fully saturated rings. The van der Waals surface area contributed by atoms with Crippen molar-refractivity contribution in [2.75, 3.05) is 68.8 Å². The number of piperazine rings is 1. The van der Waals surface area contributed by atoms with Crippen molar-refractivity contribution in [2.45, 2.75) is 32.7 Å². The SMILES string of the molecule is C=C(F)C(=O)N1CCN(c2nc(OCC3(CN4CC(C)C4)CC3)nc3c2CCN(c2cccc4ccc(F)c(Cl)c24)C3)CC1. The Hall–Kier alpha value is -3.50. The molecule has 11 heteroatoms. The summed E-state index contributed by atoms with van der Waals surface area (Å²) in [4.78, 5) is 30.4. The lowest BCUT2D eigenvalue weighted by atomic mass is 9.99. The number of ether oxygens (including phenoxy) is 1. The van der Waals surface area contributed by atoms with Crippen molar-refractivity contribution >= 4 is 39.8 Å². The molecule has 1 saturated carbocycles. The summed E-state index contributed by atoms with van der Waals surface area (Å²) in [5.41, 5.74) is 2.91. The molecule has 0 bridgehead atoms. The normalized spacial score (nSPS) is 20.0. The minimum absolute atomic E-state index is 0.117. The van der Waals surface area contributed by atoms with Gasteiger partial charge < -0.3 is 24.3 Å². The third-order valence-corrected chi connectivity index (χ3v) is 9.91. The zero-order valence-electron chi connectivity index (χ0n) is 25.0. The standard InChI is InChI=1S/C33H37ClF2N6O2/c1-21-16-39(17-21)19-33(9-10-33)20-44-32-37-26-18-42(27-5-3-4-23-6-7-25(36)29(34)28(23)27)11-8-24(26)30(38-32)40-12-14-41(15-13-40)31(43)22(2)35/h3-7,21H,2,8-20H2,1H3. The summed E-state index contributed by atoms with van der Waals surface area (Å²) in [5, 5.41) is 1.68. The summed E-state index contributed by atoms with van der Waals surface area (Å²) in [6.45, 7) is 12.3. The highest BCUT2D eigenvalue weighted by Gasteiger charge is 2.46. The van der Waals surface area contributed by atoms with Gasteiger partial charge in [-0.15, -0.1) is 0 Å². The average Bonchev–Trinajstić information content (AvgIpc) is 3.79. The lowest BCUT2D eigenvalue weighted by Gasteiger charge is -2.39. The number of carbonyl (C=O) groups excluding carboxylic acids is 1. The van der Waals surface area contributed by atoms with Gasteiger partial charge in [0.15, 0.2) is 5.83 Å². The zero-order valence-corrected chi connectivity index (χ0v) is 25.8. The summed E-state index contributed by atoms with van der Waals surface area (Å²) in [5.74, 6) is -0.485. The van der Waals surface area contributed by atoms with Gasteiger partial charge in [0.1, 0.15) is 11.6 Å². The van der Waals surface area contributed by atoms with Gasteiger partial charge in [0.2, 0.25) is 0 Å². The largest absolute Gasteiger partial charge is 0.463 e. The van der Waals surface area contributed by atoms with E-state index in [0.717, 1.165) is 66.5 Å². The average molecular weight is 623 g/mol. The van der Waals surface area contributed by atoms with Crippen LogP contribution in [0.4, 0.5) is 20.3 Å². The van der Waals surface area contributed by atoms with Crippen molar-refractivity contribution in [2.24, 2.45) is 11.3 Å². The number of nitrogens with zero attached hydrogens (tertiary/aromatic N) is 6. The second kappa shape index (κ2) is 11.5. The van der Waals surface area contributed by atoms with Crippen LogP contribution < -0.4 is 14.5 Å². The maximum Gasteiger partial charge on any atom is 0.318 e. The van der Waals surface area contributed by atoms with E-state index >= 15 is 0 Å². The fraction of sp³-hybridized carbons (Fsp3) is 0.485. The number of rotatable bonds is 8. The number of halogens is 3. The monoisotopic (exact) mass is 622 g/mol. The molecular formula is C33H37ClF2N6O2. The van der Waals surface area contributed by atoms with Gasteiger partial charge in [-0.25, -0.2) is 8.78 Å². The van der Waals surface area contributed by atoms with Crippen molar-refractivity contribution in [3.05, 3.63) is 64.8 Å². The summed E-state index contributed by atoms with van der Waals surface area (Å²) in [6.07, 6.45) is 2.95. The lowest BCUT2D eigenvalue weighted by Crippen LogP contribution is -2.49. The molecular weight excluding hydrogens is 586 g/mol. The molecule has 0 atom stereocenters. The highest BCUT2D eigenvalue weighted by molar-refractivity contribution is 6.36. The van der Waals surface area contributed by atoms with Gasteiger partial charge >= 0.3 is 6.01 Å². The van der Waals surface area contributed by atoms with Gasteiger partial charge in [-0.2, -0.15) is 9.97 Å². The highest BCUT2D eigenvalue weighted by Crippen LogP contribution is 2.47. The fourth-order valence-electron chi connectivity index (χ4n) is 6.94. The molecule has 8 nitrogen and oxygen atoms in total. The molecule has 0 unspecified atom stereocenters. The Labute approximate surface area is 261 Å². The van der Waals surface area contributed by atoms with E-state index in [0.29, 0.717) is 63.7 Å². The number of hydrogen-bond acceptors (Lipinski definition) is 7. The molecule has 2 aromatic carbocycles. The van der Waals surface area contributed by atoms with Crippen LogP contribution in [0.2, 0.25) is 5.02 Å². The first-order chi connectivity index (χ1) is 21.2. The first-order valence-corrected chi connectivity index (χ1v) is 15.8. The van der Waals surface area contributed by atoms with Gasteiger partial charge in [0.05, 0.1) is 23.9 Å². The van der Waals surface area contributed by atoms with E-state index in [-0.39, 0.29) is 10.4 Å². The van der Waals surface area contributed by atoms with Gasteiger partial charge in [-0.05, 0) is 42.7 Å². The van der Waals surface area contributed by atoms with Crippen LogP contribution in [0.5, 0.6) is 6.01 Å². The van der Waals surface area contributed by atoms with E-state index in [1.54, 1.807) is 6.07 Å². The first-order valence-electron chi connectivity index (χ1n) is 15.4. The van der Waals surface area contributed by atoms with Crippen molar-refractivity contribution in [3.63, 3.8) is 0 Å². The minimum Gasteiger partial charge on any atom is -0.463 e. The van der Waals surface area contributed by atoms with E-state index < -0.39 is 17.6 Å².